The van der Waals surface area contributed by atoms with E-state index in [0.29, 0.717) is 24.1 Å². The van der Waals surface area contributed by atoms with Crippen molar-refractivity contribution in [1.82, 2.24) is 5.32 Å². The Morgan fingerprint density at radius 3 is 2.69 bits per heavy atom. The molecule has 0 saturated heterocycles. The fraction of sp³-hybridized carbons (Fsp3) is 0.222. The van der Waals surface area contributed by atoms with E-state index < -0.39 is 12.3 Å². The van der Waals surface area contributed by atoms with E-state index in [2.05, 4.69) is 15.4 Å². The van der Waals surface area contributed by atoms with Gasteiger partial charge in [0.1, 0.15) is 5.75 Å². The van der Waals surface area contributed by atoms with Gasteiger partial charge in [0, 0.05) is 29.8 Å². The number of hydrogen-bond acceptors (Lipinski definition) is 3. The number of hydrogen-bond donors (Lipinski definition) is 2. The molecule has 0 radical (unpaired) electrons. The first-order valence-corrected chi connectivity index (χ1v) is 7.86. The number of para-hydroxylation sites is 1. The van der Waals surface area contributed by atoms with Gasteiger partial charge in [0.2, 0.25) is 5.91 Å². The van der Waals surface area contributed by atoms with Gasteiger partial charge < -0.3 is 15.4 Å². The monoisotopic (exact) mass is 364 g/mol. The zero-order chi connectivity index (χ0) is 18.7. The Kier molecular flexibility index (Phi) is 4.83. The number of aryl methyl sites for hydroxylation is 1. The van der Waals surface area contributed by atoms with Crippen molar-refractivity contribution in [3.63, 3.8) is 0 Å². The van der Waals surface area contributed by atoms with E-state index in [1.54, 1.807) is 24.3 Å². The van der Waals surface area contributed by atoms with Gasteiger partial charge in [-0.15, -0.1) is 13.2 Å². The highest BCUT2D eigenvalue weighted by Gasteiger charge is 2.32. The maximum Gasteiger partial charge on any atom is 0.573 e. The normalized spacial score (nSPS) is 13.6. The maximum atomic E-state index is 12.4. The van der Waals surface area contributed by atoms with Crippen LogP contribution in [0.15, 0.2) is 42.5 Å². The van der Waals surface area contributed by atoms with E-state index in [1.807, 2.05) is 0 Å². The molecule has 0 unspecified atom stereocenters. The third-order valence-corrected chi connectivity index (χ3v) is 3.90. The Hall–Kier alpha value is -3.03. The summed E-state index contributed by atoms with van der Waals surface area (Å²) < 4.78 is 41.3. The molecule has 0 aliphatic carbocycles. The fourth-order valence-electron chi connectivity index (χ4n) is 2.68. The van der Waals surface area contributed by atoms with Crippen LogP contribution < -0.4 is 15.4 Å². The number of carbonyl (C=O) groups excluding carboxylic acids is 2. The molecule has 3 rings (SSSR count). The van der Waals surface area contributed by atoms with E-state index in [1.165, 1.54) is 18.2 Å². The topological polar surface area (TPSA) is 67.4 Å². The maximum absolute atomic E-state index is 12.4. The van der Waals surface area contributed by atoms with Crippen LogP contribution in [0.1, 0.15) is 27.9 Å². The quantitative estimate of drug-likeness (QED) is 0.874. The van der Waals surface area contributed by atoms with Gasteiger partial charge in [0.25, 0.3) is 5.91 Å². The highest BCUT2D eigenvalue weighted by Crippen LogP contribution is 2.26. The van der Waals surface area contributed by atoms with Gasteiger partial charge in [-0.05, 0) is 36.2 Å². The Bertz CT molecular complexity index is 850. The molecule has 0 aromatic heterocycles. The molecule has 136 valence electrons. The Balaban J connectivity index is 1.69. The average molecular weight is 364 g/mol. The van der Waals surface area contributed by atoms with Gasteiger partial charge in [0.05, 0.1) is 0 Å². The average Bonchev–Trinajstić information content (AvgIpc) is 2.59. The summed E-state index contributed by atoms with van der Waals surface area (Å²) in [7, 11) is 0. The highest BCUT2D eigenvalue weighted by molar-refractivity contribution is 5.97. The second kappa shape index (κ2) is 7.07. The van der Waals surface area contributed by atoms with Crippen LogP contribution in [0, 0.1) is 0 Å². The molecule has 0 fully saturated rings. The summed E-state index contributed by atoms with van der Waals surface area (Å²) >= 11 is 0. The van der Waals surface area contributed by atoms with Crippen molar-refractivity contribution in [2.45, 2.75) is 25.7 Å². The summed E-state index contributed by atoms with van der Waals surface area (Å²) in [5.74, 6) is -0.851. The standard InChI is InChI=1S/C18H15F3N2O3/c19-18(20,21)26-15-4-2-1-3-13(15)10-22-17(25)12-5-7-14-11(9-12)6-8-16(24)23-14/h1-5,7,9H,6,8,10H2,(H,22,25)(H,23,24). The lowest BCUT2D eigenvalue weighted by Gasteiger charge is -2.17. The molecule has 2 aromatic rings. The molecular weight excluding hydrogens is 349 g/mol. The Morgan fingerprint density at radius 2 is 1.92 bits per heavy atom. The molecule has 0 bridgehead atoms. The molecule has 5 nitrogen and oxygen atoms in total. The van der Waals surface area contributed by atoms with E-state index >= 15 is 0 Å². The minimum atomic E-state index is -4.80. The van der Waals surface area contributed by atoms with E-state index in [4.69, 9.17) is 0 Å². The number of fused-ring (bicyclic) bond motifs is 1. The Labute approximate surface area is 147 Å². The second-order valence-electron chi connectivity index (χ2n) is 5.76. The fourth-order valence-corrected chi connectivity index (χ4v) is 2.68. The van der Waals surface area contributed by atoms with Gasteiger partial charge in [0.15, 0.2) is 0 Å². The van der Waals surface area contributed by atoms with Crippen LogP contribution in [0.3, 0.4) is 0 Å². The summed E-state index contributed by atoms with van der Waals surface area (Å²) in [5.41, 5.74) is 2.09. The minimum Gasteiger partial charge on any atom is -0.405 e. The molecule has 0 saturated carbocycles. The summed E-state index contributed by atoms with van der Waals surface area (Å²) in [6.07, 6.45) is -3.92. The van der Waals surface area contributed by atoms with Crippen LogP contribution in [-0.4, -0.2) is 18.2 Å². The third kappa shape index (κ3) is 4.33. The van der Waals surface area contributed by atoms with Gasteiger partial charge >= 0.3 is 6.36 Å². The molecule has 0 spiro atoms. The number of alkyl halides is 3. The van der Waals surface area contributed by atoms with Crippen molar-refractivity contribution in [2.75, 3.05) is 5.32 Å². The van der Waals surface area contributed by atoms with Crippen molar-refractivity contribution >= 4 is 17.5 Å². The number of amides is 2. The first-order valence-electron chi connectivity index (χ1n) is 7.86. The van der Waals surface area contributed by atoms with E-state index in [-0.39, 0.29) is 23.8 Å². The number of benzene rings is 2. The Morgan fingerprint density at radius 1 is 1.15 bits per heavy atom. The van der Waals surface area contributed by atoms with Crippen LogP contribution in [0.4, 0.5) is 18.9 Å². The minimum absolute atomic E-state index is 0.0732. The van der Waals surface area contributed by atoms with Crippen molar-refractivity contribution in [2.24, 2.45) is 0 Å². The number of carbonyl (C=O) groups is 2. The van der Waals surface area contributed by atoms with Gasteiger partial charge in [-0.2, -0.15) is 0 Å². The molecule has 2 N–H and O–H groups in total. The molecule has 26 heavy (non-hydrogen) atoms. The molecule has 8 heteroatoms. The molecule has 1 aliphatic rings. The number of nitrogens with one attached hydrogen (secondary N) is 2. The largest absolute Gasteiger partial charge is 0.573 e. The first kappa shape index (κ1) is 17.8. The number of ether oxygens (including phenoxy) is 1. The van der Waals surface area contributed by atoms with Crippen LogP contribution in [0.25, 0.3) is 0 Å². The number of anilines is 1. The molecular formula is C18H15F3N2O3. The molecule has 0 atom stereocenters. The van der Waals surface area contributed by atoms with Crippen LogP contribution >= 0.6 is 0 Å². The van der Waals surface area contributed by atoms with E-state index in [0.717, 1.165) is 5.56 Å². The van der Waals surface area contributed by atoms with Crippen molar-refractivity contribution in [3.05, 3.63) is 59.2 Å². The van der Waals surface area contributed by atoms with Gasteiger partial charge in [-0.25, -0.2) is 0 Å². The second-order valence-corrected chi connectivity index (χ2v) is 5.76. The molecule has 2 amide bonds. The summed E-state index contributed by atoms with van der Waals surface area (Å²) in [5, 5.41) is 5.30. The van der Waals surface area contributed by atoms with Crippen LogP contribution in [0.2, 0.25) is 0 Å². The summed E-state index contributed by atoms with van der Waals surface area (Å²) in [6, 6.07) is 10.5. The summed E-state index contributed by atoms with van der Waals surface area (Å²) in [4.78, 5) is 23.7. The molecule has 1 aliphatic heterocycles. The summed E-state index contributed by atoms with van der Waals surface area (Å²) in [6.45, 7) is -0.112. The van der Waals surface area contributed by atoms with Crippen molar-refractivity contribution in [3.8, 4) is 5.75 Å². The third-order valence-electron chi connectivity index (χ3n) is 3.90. The molecule has 1 heterocycles. The first-order chi connectivity index (χ1) is 12.3. The lowest BCUT2D eigenvalue weighted by molar-refractivity contribution is -0.274. The number of halogens is 3. The van der Waals surface area contributed by atoms with Crippen molar-refractivity contribution < 1.29 is 27.5 Å². The zero-order valence-electron chi connectivity index (χ0n) is 13.5. The zero-order valence-corrected chi connectivity index (χ0v) is 13.5. The van der Waals surface area contributed by atoms with Crippen LogP contribution in [-0.2, 0) is 17.8 Å². The lowest BCUT2D eigenvalue weighted by Crippen LogP contribution is -2.25. The van der Waals surface area contributed by atoms with Gasteiger partial charge in [-0.3, -0.25) is 9.59 Å². The molecule has 2 aromatic carbocycles. The lowest BCUT2D eigenvalue weighted by atomic mass is 10.00. The predicted octanol–water partition coefficient (Wildman–Crippen LogP) is 3.40. The SMILES string of the molecule is O=C1CCc2cc(C(=O)NCc3ccccc3OC(F)(F)F)ccc2N1. The van der Waals surface area contributed by atoms with Crippen LogP contribution in [0.5, 0.6) is 5.75 Å². The van der Waals surface area contributed by atoms with Crippen molar-refractivity contribution in [1.29, 1.82) is 0 Å². The highest BCUT2D eigenvalue weighted by atomic mass is 19.4. The van der Waals surface area contributed by atoms with Gasteiger partial charge in [-0.1, -0.05) is 18.2 Å². The van der Waals surface area contributed by atoms with E-state index in [9.17, 15) is 22.8 Å². The predicted molar refractivity (Wildman–Crippen MR) is 87.7 cm³/mol. The smallest absolute Gasteiger partial charge is 0.405 e. The number of rotatable bonds is 4.